The summed E-state index contributed by atoms with van der Waals surface area (Å²) in [5, 5.41) is 2.55. The Balaban J connectivity index is 2.02. The highest BCUT2D eigenvalue weighted by atomic mass is 19.2. The number of carbonyl (C=O) groups is 1. The van der Waals surface area contributed by atoms with Gasteiger partial charge in [0.2, 0.25) is 5.95 Å². The average Bonchev–Trinajstić information content (AvgIpc) is 2.52. The highest BCUT2D eigenvalue weighted by Crippen LogP contribution is 2.15. The van der Waals surface area contributed by atoms with Gasteiger partial charge in [0.25, 0.3) is 0 Å². The molecule has 24 heavy (non-hydrogen) atoms. The molecule has 1 aromatic carbocycles. The van der Waals surface area contributed by atoms with Crippen LogP contribution in [0.15, 0.2) is 24.5 Å². The van der Waals surface area contributed by atoms with Crippen LogP contribution < -0.4 is 10.2 Å². The molecule has 9 heteroatoms. The molecule has 0 atom stereocenters. The van der Waals surface area contributed by atoms with E-state index in [-0.39, 0.29) is 12.1 Å². The Labute approximate surface area is 136 Å². The summed E-state index contributed by atoms with van der Waals surface area (Å²) >= 11 is 0. The van der Waals surface area contributed by atoms with Crippen LogP contribution in [0.2, 0.25) is 0 Å². The number of benzene rings is 1. The second-order valence-electron chi connectivity index (χ2n) is 5.33. The van der Waals surface area contributed by atoms with E-state index in [4.69, 9.17) is 0 Å². The van der Waals surface area contributed by atoms with Crippen LogP contribution in [0.3, 0.4) is 0 Å². The molecule has 0 aliphatic rings. The van der Waals surface area contributed by atoms with Gasteiger partial charge in [-0.05, 0) is 17.7 Å². The monoisotopic (exact) mass is 339 g/mol. The SMILES string of the molecule is CN(Cc1cc(F)c(F)c(F)c1)C(=O)Nc1cnc(N(C)C)nc1. The summed E-state index contributed by atoms with van der Waals surface area (Å²) in [6.07, 6.45) is 2.87. The van der Waals surface area contributed by atoms with Crippen LogP contribution in [0.1, 0.15) is 5.56 Å². The molecule has 0 fully saturated rings. The van der Waals surface area contributed by atoms with Gasteiger partial charge in [0.1, 0.15) is 0 Å². The number of halogens is 3. The van der Waals surface area contributed by atoms with Gasteiger partial charge in [-0.3, -0.25) is 0 Å². The molecule has 0 aliphatic carbocycles. The Morgan fingerprint density at radius 2 is 1.62 bits per heavy atom. The number of amides is 2. The second kappa shape index (κ2) is 7.16. The molecule has 0 radical (unpaired) electrons. The van der Waals surface area contributed by atoms with Crippen molar-refractivity contribution >= 4 is 17.7 Å². The van der Waals surface area contributed by atoms with E-state index in [2.05, 4.69) is 15.3 Å². The van der Waals surface area contributed by atoms with E-state index < -0.39 is 23.5 Å². The molecule has 0 spiro atoms. The number of urea groups is 1. The molecular formula is C15H16F3N5O. The molecule has 1 aromatic heterocycles. The van der Waals surface area contributed by atoms with E-state index >= 15 is 0 Å². The zero-order chi connectivity index (χ0) is 17.9. The molecule has 6 nitrogen and oxygen atoms in total. The zero-order valence-corrected chi connectivity index (χ0v) is 13.3. The fourth-order valence-electron chi connectivity index (χ4n) is 1.88. The minimum atomic E-state index is -1.54. The lowest BCUT2D eigenvalue weighted by atomic mass is 10.2. The van der Waals surface area contributed by atoms with Gasteiger partial charge in [-0.1, -0.05) is 0 Å². The third kappa shape index (κ3) is 4.12. The van der Waals surface area contributed by atoms with Gasteiger partial charge in [0.15, 0.2) is 17.5 Å². The van der Waals surface area contributed by atoms with Crippen molar-refractivity contribution in [2.75, 3.05) is 31.4 Å². The van der Waals surface area contributed by atoms with Gasteiger partial charge in [0.05, 0.1) is 18.1 Å². The highest BCUT2D eigenvalue weighted by Gasteiger charge is 2.14. The van der Waals surface area contributed by atoms with E-state index in [0.29, 0.717) is 11.6 Å². The normalized spacial score (nSPS) is 10.4. The third-order valence-electron chi connectivity index (χ3n) is 3.10. The number of nitrogens with zero attached hydrogens (tertiary/aromatic N) is 4. The molecule has 2 aromatic rings. The fraction of sp³-hybridized carbons (Fsp3) is 0.267. The molecule has 2 amide bonds. The summed E-state index contributed by atoms with van der Waals surface area (Å²) in [5.41, 5.74) is 0.497. The molecule has 1 N–H and O–H groups in total. The third-order valence-corrected chi connectivity index (χ3v) is 3.10. The van der Waals surface area contributed by atoms with Crippen LogP contribution in [0.25, 0.3) is 0 Å². The fourth-order valence-corrected chi connectivity index (χ4v) is 1.88. The average molecular weight is 339 g/mol. The van der Waals surface area contributed by atoms with Crippen LogP contribution in [-0.4, -0.2) is 42.0 Å². The smallest absolute Gasteiger partial charge is 0.321 e. The van der Waals surface area contributed by atoms with E-state index in [9.17, 15) is 18.0 Å². The van der Waals surface area contributed by atoms with Crippen LogP contribution in [0.4, 0.5) is 29.6 Å². The lowest BCUT2D eigenvalue weighted by molar-refractivity contribution is 0.220. The highest BCUT2D eigenvalue weighted by molar-refractivity contribution is 5.88. The standard InChI is InChI=1S/C15H16F3N5O/c1-22(2)14-19-6-10(7-20-14)21-15(24)23(3)8-9-4-11(16)13(18)12(17)5-9/h4-7H,8H2,1-3H3,(H,21,24). The quantitative estimate of drug-likeness (QED) is 0.870. The van der Waals surface area contributed by atoms with Crippen LogP contribution >= 0.6 is 0 Å². The molecule has 0 unspecified atom stereocenters. The molecule has 2 rings (SSSR count). The maximum absolute atomic E-state index is 13.2. The first-order valence-electron chi connectivity index (χ1n) is 6.93. The number of rotatable bonds is 4. The number of anilines is 2. The number of aromatic nitrogens is 2. The zero-order valence-electron chi connectivity index (χ0n) is 13.3. The molecular weight excluding hydrogens is 323 g/mol. The Morgan fingerprint density at radius 1 is 1.08 bits per heavy atom. The summed E-state index contributed by atoms with van der Waals surface area (Å²) in [6, 6.07) is 1.16. The summed E-state index contributed by atoms with van der Waals surface area (Å²) in [5.74, 6) is -3.65. The maximum atomic E-state index is 13.2. The molecule has 0 aliphatic heterocycles. The number of carbonyl (C=O) groups excluding carboxylic acids is 1. The van der Waals surface area contributed by atoms with Crippen molar-refractivity contribution in [2.24, 2.45) is 0 Å². The summed E-state index contributed by atoms with van der Waals surface area (Å²) in [4.78, 5) is 23.0. The van der Waals surface area contributed by atoms with Gasteiger partial charge in [-0.15, -0.1) is 0 Å². The predicted octanol–water partition coefficient (Wildman–Crippen LogP) is 2.62. The summed E-state index contributed by atoms with van der Waals surface area (Å²) in [6.45, 7) is -0.101. The number of nitrogens with one attached hydrogen (secondary N) is 1. The first kappa shape index (κ1) is 17.5. The van der Waals surface area contributed by atoms with Gasteiger partial charge < -0.3 is 15.1 Å². The minimum Gasteiger partial charge on any atom is -0.347 e. The maximum Gasteiger partial charge on any atom is 0.321 e. The van der Waals surface area contributed by atoms with Crippen molar-refractivity contribution < 1.29 is 18.0 Å². The molecule has 0 saturated heterocycles. The van der Waals surface area contributed by atoms with E-state index in [1.807, 2.05) is 0 Å². The molecule has 0 saturated carbocycles. The van der Waals surface area contributed by atoms with Gasteiger partial charge >= 0.3 is 6.03 Å². The molecule has 1 heterocycles. The minimum absolute atomic E-state index is 0.101. The van der Waals surface area contributed by atoms with E-state index in [0.717, 1.165) is 12.1 Å². The van der Waals surface area contributed by atoms with Crippen LogP contribution in [0.5, 0.6) is 0 Å². The lowest BCUT2D eigenvalue weighted by Crippen LogP contribution is -2.31. The molecule has 128 valence electrons. The first-order chi connectivity index (χ1) is 11.3. The van der Waals surface area contributed by atoms with Crippen molar-refractivity contribution in [3.63, 3.8) is 0 Å². The number of hydrogen-bond donors (Lipinski definition) is 1. The van der Waals surface area contributed by atoms with Crippen molar-refractivity contribution in [3.8, 4) is 0 Å². The van der Waals surface area contributed by atoms with Crippen molar-refractivity contribution in [1.82, 2.24) is 14.9 Å². The van der Waals surface area contributed by atoms with E-state index in [1.165, 1.54) is 24.3 Å². The summed E-state index contributed by atoms with van der Waals surface area (Å²) < 4.78 is 39.3. The summed E-state index contributed by atoms with van der Waals surface area (Å²) in [7, 11) is 4.99. The molecule has 0 bridgehead atoms. The second-order valence-corrected chi connectivity index (χ2v) is 5.33. The Morgan fingerprint density at radius 3 is 2.12 bits per heavy atom. The van der Waals surface area contributed by atoms with Crippen LogP contribution in [0, 0.1) is 17.5 Å². The largest absolute Gasteiger partial charge is 0.347 e. The van der Waals surface area contributed by atoms with E-state index in [1.54, 1.807) is 19.0 Å². The number of hydrogen-bond acceptors (Lipinski definition) is 4. The predicted molar refractivity (Wildman–Crippen MR) is 83.2 cm³/mol. The first-order valence-corrected chi connectivity index (χ1v) is 6.93. The van der Waals surface area contributed by atoms with Crippen molar-refractivity contribution in [3.05, 3.63) is 47.5 Å². The van der Waals surface area contributed by atoms with Crippen molar-refractivity contribution in [1.29, 1.82) is 0 Å². The Kier molecular flexibility index (Phi) is 5.22. The van der Waals surface area contributed by atoms with Gasteiger partial charge in [0, 0.05) is 27.7 Å². The Hall–Kier alpha value is -2.84. The van der Waals surface area contributed by atoms with Crippen LogP contribution in [-0.2, 0) is 6.54 Å². The van der Waals surface area contributed by atoms with Gasteiger partial charge in [-0.25, -0.2) is 27.9 Å². The van der Waals surface area contributed by atoms with Gasteiger partial charge in [-0.2, -0.15) is 0 Å². The lowest BCUT2D eigenvalue weighted by Gasteiger charge is -2.18. The topological polar surface area (TPSA) is 61.4 Å². The Bertz CT molecular complexity index is 713. The van der Waals surface area contributed by atoms with Crippen molar-refractivity contribution in [2.45, 2.75) is 6.54 Å².